The molecule has 22 heavy (non-hydrogen) atoms. The lowest BCUT2D eigenvalue weighted by Gasteiger charge is -2.14. The van der Waals surface area contributed by atoms with Gasteiger partial charge < -0.3 is 10.4 Å². The molecule has 0 saturated carbocycles. The second kappa shape index (κ2) is 10.6. The highest BCUT2D eigenvalue weighted by molar-refractivity contribution is 5.75. The molecule has 0 spiro atoms. The molecule has 0 unspecified atom stereocenters. The Morgan fingerprint density at radius 2 is 1.91 bits per heavy atom. The average molecular weight is 308 g/mol. The monoisotopic (exact) mass is 308 g/mol. The normalized spacial score (nSPS) is 11.7. The van der Waals surface area contributed by atoms with Crippen molar-refractivity contribution in [2.24, 2.45) is 0 Å². The smallest absolute Gasteiger partial charge is 0.338 e. The number of carboxylic acids is 1. The molecular weight excluding hydrogens is 284 g/mol. The zero-order valence-corrected chi connectivity index (χ0v) is 12.9. The maximum atomic E-state index is 11.5. The lowest BCUT2D eigenvalue weighted by molar-refractivity contribution is -0.153. The van der Waals surface area contributed by atoms with Crippen molar-refractivity contribution in [2.75, 3.05) is 6.54 Å². The van der Waals surface area contributed by atoms with Gasteiger partial charge in [0.1, 0.15) is 0 Å². The van der Waals surface area contributed by atoms with Crippen molar-refractivity contribution >= 4 is 12.0 Å². The van der Waals surface area contributed by atoms with E-state index in [9.17, 15) is 9.59 Å². The van der Waals surface area contributed by atoms with Crippen LogP contribution in [0.15, 0.2) is 30.3 Å². The van der Waals surface area contributed by atoms with Gasteiger partial charge in [-0.1, -0.05) is 56.5 Å². The van der Waals surface area contributed by atoms with E-state index in [1.54, 1.807) is 0 Å². The largest absolute Gasteiger partial charge is 0.479 e. The van der Waals surface area contributed by atoms with E-state index >= 15 is 0 Å². The number of nitrogens with one attached hydrogen (secondary N) is 2. The van der Waals surface area contributed by atoms with Crippen LogP contribution in [0.1, 0.15) is 38.2 Å². The van der Waals surface area contributed by atoms with Crippen LogP contribution in [0.3, 0.4) is 0 Å². The van der Waals surface area contributed by atoms with Crippen LogP contribution in [0.4, 0.5) is 4.79 Å². The van der Waals surface area contributed by atoms with Crippen LogP contribution in [0.25, 0.3) is 0 Å². The number of carbonyl (C=O) groups is 2. The van der Waals surface area contributed by atoms with Crippen LogP contribution in [0.5, 0.6) is 0 Å². The van der Waals surface area contributed by atoms with Gasteiger partial charge in [-0.25, -0.2) is 15.1 Å². The molecule has 1 aromatic rings. The standard InChI is InChI=1S/C16H24N2O4/c1-2-3-4-8-11-17-16(21)18-22-14(15(19)20)12-13-9-6-5-7-10-13/h5-7,9-10,14H,2-4,8,11-12H2,1H3,(H,19,20)(H2,17,18,21)/t14-/m1/s1. The Hall–Kier alpha value is -2.08. The fourth-order valence-corrected chi connectivity index (χ4v) is 1.92. The number of amides is 2. The molecule has 0 heterocycles. The Morgan fingerprint density at radius 3 is 2.55 bits per heavy atom. The van der Waals surface area contributed by atoms with E-state index in [0.29, 0.717) is 6.54 Å². The summed E-state index contributed by atoms with van der Waals surface area (Å²) < 4.78 is 0. The van der Waals surface area contributed by atoms with Crippen LogP contribution in [-0.4, -0.2) is 29.8 Å². The predicted octanol–water partition coefficient (Wildman–Crippen LogP) is 2.49. The lowest BCUT2D eigenvalue weighted by Crippen LogP contribution is -2.41. The summed E-state index contributed by atoms with van der Waals surface area (Å²) in [5, 5.41) is 11.8. The maximum absolute atomic E-state index is 11.5. The van der Waals surface area contributed by atoms with Crippen molar-refractivity contribution in [3.8, 4) is 0 Å². The molecule has 1 rings (SSSR count). The number of carbonyl (C=O) groups excluding carboxylic acids is 1. The topological polar surface area (TPSA) is 87.7 Å². The molecule has 122 valence electrons. The van der Waals surface area contributed by atoms with Crippen molar-refractivity contribution in [3.63, 3.8) is 0 Å². The van der Waals surface area contributed by atoms with E-state index in [-0.39, 0.29) is 6.42 Å². The molecule has 0 bridgehead atoms. The molecule has 6 heteroatoms. The molecule has 1 aromatic carbocycles. The first kappa shape index (κ1) is 18.0. The van der Waals surface area contributed by atoms with Gasteiger partial charge in [-0.05, 0) is 12.0 Å². The van der Waals surface area contributed by atoms with Crippen LogP contribution in [0, 0.1) is 0 Å². The van der Waals surface area contributed by atoms with Gasteiger partial charge in [0.15, 0.2) is 6.10 Å². The molecule has 6 nitrogen and oxygen atoms in total. The highest BCUT2D eigenvalue weighted by Gasteiger charge is 2.20. The molecular formula is C16H24N2O4. The summed E-state index contributed by atoms with van der Waals surface area (Å²) in [4.78, 5) is 27.7. The second-order valence-electron chi connectivity index (χ2n) is 5.05. The van der Waals surface area contributed by atoms with Crippen molar-refractivity contribution in [3.05, 3.63) is 35.9 Å². The van der Waals surface area contributed by atoms with Crippen LogP contribution < -0.4 is 10.8 Å². The van der Waals surface area contributed by atoms with Crippen LogP contribution in [0.2, 0.25) is 0 Å². The first-order valence-electron chi connectivity index (χ1n) is 7.59. The molecule has 0 saturated heterocycles. The Bertz CT molecular complexity index is 451. The van der Waals surface area contributed by atoms with E-state index in [0.717, 1.165) is 31.2 Å². The molecule has 2 amide bonds. The summed E-state index contributed by atoms with van der Waals surface area (Å²) in [7, 11) is 0. The molecule has 0 aliphatic carbocycles. The van der Waals surface area contributed by atoms with E-state index in [2.05, 4.69) is 17.7 Å². The molecule has 3 N–H and O–H groups in total. The summed E-state index contributed by atoms with van der Waals surface area (Å²) >= 11 is 0. The molecule has 0 aliphatic rings. The molecule has 1 atom stereocenters. The fraction of sp³-hybridized carbons (Fsp3) is 0.500. The predicted molar refractivity (Wildman–Crippen MR) is 83.3 cm³/mol. The molecule has 0 aromatic heterocycles. The molecule has 0 aliphatic heterocycles. The van der Waals surface area contributed by atoms with Gasteiger partial charge in [0, 0.05) is 13.0 Å². The lowest BCUT2D eigenvalue weighted by atomic mass is 10.1. The Kier molecular flexibility index (Phi) is 8.67. The summed E-state index contributed by atoms with van der Waals surface area (Å²) in [5.74, 6) is -1.12. The summed E-state index contributed by atoms with van der Waals surface area (Å²) in [5.41, 5.74) is 2.97. The first-order chi connectivity index (χ1) is 10.6. The van der Waals surface area contributed by atoms with Gasteiger partial charge >= 0.3 is 12.0 Å². The van der Waals surface area contributed by atoms with Crippen molar-refractivity contribution in [1.29, 1.82) is 0 Å². The number of aliphatic carboxylic acids is 1. The zero-order chi connectivity index (χ0) is 16.2. The number of carboxylic acid groups (broad SMARTS) is 1. The minimum Gasteiger partial charge on any atom is -0.479 e. The number of rotatable bonds is 10. The molecule has 0 radical (unpaired) electrons. The number of hydroxylamine groups is 1. The first-order valence-corrected chi connectivity index (χ1v) is 7.59. The van der Waals surface area contributed by atoms with E-state index in [1.807, 2.05) is 30.3 Å². The van der Waals surface area contributed by atoms with Gasteiger partial charge in [-0.15, -0.1) is 0 Å². The maximum Gasteiger partial charge on any atom is 0.338 e. The van der Waals surface area contributed by atoms with Gasteiger partial charge in [0.25, 0.3) is 0 Å². The van der Waals surface area contributed by atoms with E-state index < -0.39 is 18.1 Å². The van der Waals surface area contributed by atoms with Crippen LogP contribution in [-0.2, 0) is 16.1 Å². The fourth-order valence-electron chi connectivity index (χ4n) is 1.92. The van der Waals surface area contributed by atoms with Crippen molar-refractivity contribution < 1.29 is 19.5 Å². The van der Waals surface area contributed by atoms with Gasteiger partial charge in [-0.2, -0.15) is 0 Å². The summed E-state index contributed by atoms with van der Waals surface area (Å²) in [6, 6.07) is 8.61. The number of hydrogen-bond acceptors (Lipinski definition) is 3. The zero-order valence-electron chi connectivity index (χ0n) is 12.9. The summed E-state index contributed by atoms with van der Waals surface area (Å²) in [6.45, 7) is 2.67. The van der Waals surface area contributed by atoms with Crippen molar-refractivity contribution in [2.45, 2.75) is 45.1 Å². The van der Waals surface area contributed by atoms with Gasteiger partial charge in [-0.3, -0.25) is 4.84 Å². The Morgan fingerprint density at radius 1 is 1.18 bits per heavy atom. The average Bonchev–Trinajstić information content (AvgIpc) is 2.52. The SMILES string of the molecule is CCCCCCNC(=O)NO[C@H](Cc1ccccc1)C(=O)O. The Labute approximate surface area is 130 Å². The van der Waals surface area contributed by atoms with Gasteiger partial charge in [0.05, 0.1) is 0 Å². The van der Waals surface area contributed by atoms with E-state index in [1.165, 1.54) is 0 Å². The quantitative estimate of drug-likeness (QED) is 0.458. The number of hydrogen-bond donors (Lipinski definition) is 3. The second-order valence-corrected chi connectivity index (χ2v) is 5.05. The Balaban J connectivity index is 2.29. The third-order valence-electron chi connectivity index (χ3n) is 3.15. The van der Waals surface area contributed by atoms with E-state index in [4.69, 9.17) is 9.94 Å². The minimum atomic E-state index is -1.12. The number of unbranched alkanes of at least 4 members (excludes halogenated alkanes) is 3. The third-order valence-corrected chi connectivity index (χ3v) is 3.15. The number of benzene rings is 1. The minimum absolute atomic E-state index is 0.187. The van der Waals surface area contributed by atoms with Gasteiger partial charge in [0.2, 0.25) is 0 Å². The highest BCUT2D eigenvalue weighted by atomic mass is 16.7. The summed E-state index contributed by atoms with van der Waals surface area (Å²) in [6.07, 6.45) is 3.30. The van der Waals surface area contributed by atoms with Crippen LogP contribution >= 0.6 is 0 Å². The molecule has 0 fully saturated rings. The third kappa shape index (κ3) is 7.64. The van der Waals surface area contributed by atoms with Crippen molar-refractivity contribution in [1.82, 2.24) is 10.8 Å². The highest BCUT2D eigenvalue weighted by Crippen LogP contribution is 2.05. The number of urea groups is 1.